The molecule has 3 aromatic rings. The second-order valence-electron chi connectivity index (χ2n) is 4.97. The normalized spacial score (nSPS) is 11.4. The summed E-state index contributed by atoms with van der Waals surface area (Å²) in [5, 5.41) is 5.22. The molecule has 0 aliphatic carbocycles. The van der Waals surface area contributed by atoms with Crippen LogP contribution in [0.4, 0.5) is 0 Å². The van der Waals surface area contributed by atoms with Gasteiger partial charge in [-0.2, -0.15) is 0 Å². The average molecular weight is 441 g/mol. The smallest absolute Gasteiger partial charge is 0.188 e. The number of hydrogen-bond donors (Lipinski definition) is 2. The zero-order valence-electron chi connectivity index (χ0n) is 12.7. The Bertz CT molecular complexity index is 718. The minimum atomic E-state index is 0. The molecule has 0 spiro atoms. The zero-order chi connectivity index (χ0) is 15.2. The molecule has 0 aliphatic rings. The molecule has 0 fully saturated rings. The molecule has 0 saturated carbocycles. The topological polar surface area (TPSA) is 67.7 Å². The summed E-state index contributed by atoms with van der Waals surface area (Å²) in [7, 11) is 0. The van der Waals surface area contributed by atoms with Gasteiger partial charge in [-0.3, -0.25) is 4.99 Å². The maximum Gasteiger partial charge on any atom is 0.188 e. The number of aromatic nitrogens is 2. The van der Waals surface area contributed by atoms with E-state index in [-0.39, 0.29) is 24.0 Å². The van der Waals surface area contributed by atoms with Crippen LogP contribution < -0.4 is 11.1 Å². The van der Waals surface area contributed by atoms with Crippen LogP contribution in [0.25, 0.3) is 5.65 Å². The van der Waals surface area contributed by atoms with Crippen molar-refractivity contribution in [1.29, 1.82) is 0 Å². The van der Waals surface area contributed by atoms with Crippen LogP contribution >= 0.6 is 35.3 Å². The number of thiophene rings is 1. The zero-order valence-corrected chi connectivity index (χ0v) is 15.8. The molecular weight excluding hydrogens is 421 g/mol. The SMILES string of the molecule is I.NC(=NCCc1cccs1)NCCc1cn2ccccc2n1. The van der Waals surface area contributed by atoms with E-state index in [1.807, 2.05) is 35.0 Å². The van der Waals surface area contributed by atoms with E-state index in [1.54, 1.807) is 11.3 Å². The molecule has 0 radical (unpaired) electrons. The van der Waals surface area contributed by atoms with Gasteiger partial charge in [0, 0.05) is 43.2 Å². The lowest BCUT2D eigenvalue weighted by Crippen LogP contribution is -2.33. The summed E-state index contributed by atoms with van der Waals surface area (Å²) < 4.78 is 2.02. The van der Waals surface area contributed by atoms with Crippen LogP contribution in [0.15, 0.2) is 53.1 Å². The summed E-state index contributed by atoms with van der Waals surface area (Å²) in [4.78, 5) is 10.2. The van der Waals surface area contributed by atoms with E-state index in [0.29, 0.717) is 12.5 Å². The van der Waals surface area contributed by atoms with Crippen LogP contribution in [0.5, 0.6) is 0 Å². The second-order valence-corrected chi connectivity index (χ2v) is 6.00. The van der Waals surface area contributed by atoms with Gasteiger partial charge < -0.3 is 15.5 Å². The number of nitrogens with zero attached hydrogens (tertiary/aromatic N) is 3. The lowest BCUT2D eigenvalue weighted by Gasteiger charge is -2.03. The van der Waals surface area contributed by atoms with Gasteiger partial charge in [-0.25, -0.2) is 4.98 Å². The summed E-state index contributed by atoms with van der Waals surface area (Å²) in [6.45, 7) is 1.45. The Labute approximate surface area is 156 Å². The molecule has 122 valence electrons. The first-order valence-electron chi connectivity index (χ1n) is 7.30. The number of guanidine groups is 1. The fraction of sp³-hybridized carbons (Fsp3) is 0.250. The number of imidazole rings is 1. The Balaban J connectivity index is 0.00000192. The van der Waals surface area contributed by atoms with Gasteiger partial charge in [0.05, 0.1) is 5.69 Å². The maximum atomic E-state index is 5.87. The van der Waals surface area contributed by atoms with E-state index in [9.17, 15) is 0 Å². The number of aliphatic imine (C=N–C) groups is 1. The molecule has 0 saturated heterocycles. The summed E-state index contributed by atoms with van der Waals surface area (Å²) >= 11 is 1.75. The van der Waals surface area contributed by atoms with Crippen molar-refractivity contribution < 1.29 is 0 Å². The van der Waals surface area contributed by atoms with Crippen LogP contribution in [-0.2, 0) is 12.8 Å². The van der Waals surface area contributed by atoms with E-state index in [4.69, 9.17) is 5.73 Å². The van der Waals surface area contributed by atoms with E-state index in [0.717, 1.165) is 30.7 Å². The first-order valence-corrected chi connectivity index (χ1v) is 8.18. The molecule has 0 atom stereocenters. The second kappa shape index (κ2) is 8.88. The van der Waals surface area contributed by atoms with Gasteiger partial charge in [0.1, 0.15) is 5.65 Å². The molecule has 5 nitrogen and oxygen atoms in total. The van der Waals surface area contributed by atoms with Gasteiger partial charge in [0.15, 0.2) is 5.96 Å². The number of rotatable bonds is 6. The molecule has 0 bridgehead atoms. The molecule has 0 amide bonds. The van der Waals surface area contributed by atoms with Crippen LogP contribution in [0.1, 0.15) is 10.6 Å². The highest BCUT2D eigenvalue weighted by Crippen LogP contribution is 2.08. The first kappa shape index (κ1) is 17.7. The van der Waals surface area contributed by atoms with Crippen molar-refractivity contribution in [3.8, 4) is 0 Å². The average Bonchev–Trinajstić information content (AvgIpc) is 3.15. The summed E-state index contributed by atoms with van der Waals surface area (Å²) in [6, 6.07) is 10.2. The van der Waals surface area contributed by atoms with Gasteiger partial charge >= 0.3 is 0 Å². The van der Waals surface area contributed by atoms with Gasteiger partial charge in [0.25, 0.3) is 0 Å². The Morgan fingerprint density at radius 3 is 2.96 bits per heavy atom. The molecule has 0 aliphatic heterocycles. The summed E-state index contributed by atoms with van der Waals surface area (Å²) in [6.07, 6.45) is 5.80. The third kappa shape index (κ3) is 5.21. The fourth-order valence-corrected chi connectivity index (χ4v) is 2.92. The van der Waals surface area contributed by atoms with Crippen LogP contribution in [-0.4, -0.2) is 28.4 Å². The number of nitrogens with two attached hydrogens (primary N) is 1. The van der Waals surface area contributed by atoms with E-state index in [1.165, 1.54) is 4.88 Å². The molecule has 3 N–H and O–H groups in total. The standard InChI is InChI=1S/C16H19N5S.HI/c17-16(19-9-7-14-4-3-11-22-14)18-8-6-13-12-21-10-2-1-5-15(21)20-13;/h1-5,10-12H,6-9H2,(H3,17,18,19);1H. The number of halogens is 1. The molecule has 3 rings (SSSR count). The minimum Gasteiger partial charge on any atom is -0.370 e. The fourth-order valence-electron chi connectivity index (χ4n) is 2.22. The Kier molecular flexibility index (Phi) is 6.85. The predicted octanol–water partition coefficient (Wildman–Crippen LogP) is 2.70. The highest BCUT2D eigenvalue weighted by atomic mass is 127. The lowest BCUT2D eigenvalue weighted by molar-refractivity contribution is 0.831. The van der Waals surface area contributed by atoms with Crippen molar-refractivity contribution in [3.05, 3.63) is 58.7 Å². The van der Waals surface area contributed by atoms with Gasteiger partial charge in [-0.1, -0.05) is 12.1 Å². The predicted molar refractivity (Wildman–Crippen MR) is 107 cm³/mol. The monoisotopic (exact) mass is 441 g/mol. The van der Waals surface area contributed by atoms with Crippen LogP contribution in [0.3, 0.4) is 0 Å². The third-order valence-corrected chi connectivity index (χ3v) is 4.26. The third-order valence-electron chi connectivity index (χ3n) is 3.32. The number of nitrogens with one attached hydrogen (secondary N) is 1. The molecule has 3 aromatic heterocycles. The Morgan fingerprint density at radius 1 is 1.26 bits per heavy atom. The van der Waals surface area contributed by atoms with Crippen molar-refractivity contribution in [3.63, 3.8) is 0 Å². The molecule has 0 unspecified atom stereocenters. The molecular formula is C16H20IN5S. The Morgan fingerprint density at radius 2 is 2.17 bits per heavy atom. The van der Waals surface area contributed by atoms with E-state index < -0.39 is 0 Å². The first-order chi connectivity index (χ1) is 10.8. The highest BCUT2D eigenvalue weighted by molar-refractivity contribution is 14.0. The number of pyridine rings is 1. The van der Waals surface area contributed by atoms with Crippen molar-refractivity contribution in [2.24, 2.45) is 10.7 Å². The van der Waals surface area contributed by atoms with Crippen molar-refractivity contribution in [2.45, 2.75) is 12.8 Å². The Hall–Kier alpha value is -1.61. The highest BCUT2D eigenvalue weighted by Gasteiger charge is 2.01. The van der Waals surface area contributed by atoms with Crippen molar-refractivity contribution in [1.82, 2.24) is 14.7 Å². The summed E-state index contributed by atoms with van der Waals surface area (Å²) in [5.41, 5.74) is 7.88. The summed E-state index contributed by atoms with van der Waals surface area (Å²) in [5.74, 6) is 0.500. The molecule has 23 heavy (non-hydrogen) atoms. The van der Waals surface area contributed by atoms with Gasteiger partial charge in [-0.15, -0.1) is 35.3 Å². The minimum absolute atomic E-state index is 0. The maximum absolute atomic E-state index is 5.87. The quantitative estimate of drug-likeness (QED) is 0.351. The van der Waals surface area contributed by atoms with Crippen LogP contribution in [0, 0.1) is 0 Å². The molecule has 3 heterocycles. The largest absolute Gasteiger partial charge is 0.370 e. The van der Waals surface area contributed by atoms with E-state index in [2.05, 4.69) is 32.8 Å². The molecule has 0 aromatic carbocycles. The van der Waals surface area contributed by atoms with Gasteiger partial charge in [0.2, 0.25) is 0 Å². The van der Waals surface area contributed by atoms with Gasteiger partial charge in [-0.05, 0) is 23.6 Å². The number of hydrogen-bond acceptors (Lipinski definition) is 3. The van der Waals surface area contributed by atoms with Crippen LogP contribution in [0.2, 0.25) is 0 Å². The lowest BCUT2D eigenvalue weighted by atomic mass is 10.3. The molecule has 7 heteroatoms. The van der Waals surface area contributed by atoms with Crippen molar-refractivity contribution >= 4 is 46.9 Å². The van der Waals surface area contributed by atoms with Crippen molar-refractivity contribution in [2.75, 3.05) is 13.1 Å². The number of fused-ring (bicyclic) bond motifs is 1. The van der Waals surface area contributed by atoms with E-state index >= 15 is 0 Å².